The van der Waals surface area contributed by atoms with Gasteiger partial charge in [0.25, 0.3) is 5.91 Å². The summed E-state index contributed by atoms with van der Waals surface area (Å²) in [6, 6.07) is 0.112. The van der Waals surface area contributed by atoms with Crippen molar-refractivity contribution in [1.29, 1.82) is 0 Å². The number of aliphatic hydroxyl groups excluding tert-OH is 1. The zero-order chi connectivity index (χ0) is 15.7. The molecule has 2 fully saturated rings. The first kappa shape index (κ1) is 15.3. The van der Waals surface area contributed by atoms with Gasteiger partial charge in [0.1, 0.15) is 5.82 Å². The fourth-order valence-corrected chi connectivity index (χ4v) is 3.29. The van der Waals surface area contributed by atoms with Gasteiger partial charge >= 0.3 is 0 Å². The number of piperidine rings is 1. The third-order valence-corrected chi connectivity index (χ3v) is 4.65. The molecule has 2 aliphatic heterocycles. The first-order valence-electron chi connectivity index (χ1n) is 7.69. The molecule has 1 aromatic heterocycles. The van der Waals surface area contributed by atoms with E-state index < -0.39 is 5.91 Å². The summed E-state index contributed by atoms with van der Waals surface area (Å²) in [5.41, 5.74) is 6.30. The van der Waals surface area contributed by atoms with Crippen LogP contribution in [0.15, 0.2) is 6.20 Å². The highest BCUT2D eigenvalue weighted by Gasteiger charge is 2.34. The van der Waals surface area contributed by atoms with E-state index in [1.165, 1.54) is 6.20 Å². The van der Waals surface area contributed by atoms with Gasteiger partial charge in [0.2, 0.25) is 0 Å². The Bertz CT molecular complexity index is 558. The largest absolute Gasteiger partial charge is 0.389 e. The number of likely N-dealkylation sites (tertiary alicyclic amines) is 1. The van der Waals surface area contributed by atoms with Crippen molar-refractivity contribution in [2.24, 2.45) is 5.73 Å². The first-order valence-corrected chi connectivity index (χ1v) is 7.69. The van der Waals surface area contributed by atoms with Crippen LogP contribution in [0.2, 0.25) is 0 Å². The highest BCUT2D eigenvalue weighted by Crippen LogP contribution is 2.28. The smallest absolute Gasteiger partial charge is 0.252 e. The number of primary amides is 1. The number of carbonyl (C=O) groups is 1. The molecule has 0 spiro atoms. The Hall–Kier alpha value is -1.57. The minimum Gasteiger partial charge on any atom is -0.389 e. The van der Waals surface area contributed by atoms with Crippen LogP contribution >= 0.6 is 0 Å². The molecule has 2 atom stereocenters. The molecule has 2 saturated heterocycles. The van der Waals surface area contributed by atoms with Crippen LogP contribution in [0.3, 0.4) is 0 Å². The number of aliphatic hydroxyl groups is 1. The molecule has 120 valence electrons. The van der Waals surface area contributed by atoms with E-state index in [9.17, 15) is 9.90 Å². The number of carbonyl (C=O) groups excluding carboxylic acids is 1. The predicted octanol–water partition coefficient (Wildman–Crippen LogP) is -0.177. The van der Waals surface area contributed by atoms with Crippen molar-refractivity contribution < 1.29 is 14.6 Å². The van der Waals surface area contributed by atoms with Gasteiger partial charge in [-0.1, -0.05) is 0 Å². The number of aromatic nitrogens is 2. The Kier molecular flexibility index (Phi) is 4.37. The number of nitrogens with zero attached hydrogens (tertiary/aromatic N) is 3. The lowest BCUT2D eigenvalue weighted by Gasteiger charge is -2.36. The summed E-state index contributed by atoms with van der Waals surface area (Å²) in [7, 11) is 0. The van der Waals surface area contributed by atoms with E-state index in [0.29, 0.717) is 24.5 Å². The van der Waals surface area contributed by atoms with Gasteiger partial charge in [0.05, 0.1) is 36.6 Å². The van der Waals surface area contributed by atoms with Gasteiger partial charge in [0, 0.05) is 12.1 Å². The lowest BCUT2D eigenvalue weighted by molar-refractivity contribution is 0.0657. The summed E-state index contributed by atoms with van der Waals surface area (Å²) in [6.07, 6.45) is 3.03. The summed E-state index contributed by atoms with van der Waals surface area (Å²) >= 11 is 0. The molecule has 3 rings (SSSR count). The second-order valence-electron chi connectivity index (χ2n) is 6.07. The molecule has 1 aromatic rings. The van der Waals surface area contributed by atoms with Crippen LogP contribution in [0.1, 0.15) is 40.6 Å². The van der Waals surface area contributed by atoms with Crippen molar-refractivity contribution in [1.82, 2.24) is 14.9 Å². The number of hydrogen-bond donors (Lipinski definition) is 2. The molecule has 0 saturated carbocycles. The van der Waals surface area contributed by atoms with E-state index in [2.05, 4.69) is 14.9 Å². The summed E-state index contributed by atoms with van der Waals surface area (Å²) in [5, 5.41) is 9.91. The standard InChI is InChI=1S/C15H22N4O3/c1-9-11(14(16)21)6-17-15(18-9)10-2-4-19(5-3-10)12-7-22-8-13(12)20/h6,10,12-13,20H,2-5,7-8H2,1H3,(H2,16,21)/t12-,13+/m0/s1. The van der Waals surface area contributed by atoms with E-state index in [4.69, 9.17) is 10.5 Å². The van der Waals surface area contributed by atoms with Crippen molar-refractivity contribution >= 4 is 5.91 Å². The van der Waals surface area contributed by atoms with Gasteiger partial charge in [-0.25, -0.2) is 9.97 Å². The number of aryl methyl sites for hydroxylation is 1. The Morgan fingerprint density at radius 3 is 2.68 bits per heavy atom. The maximum Gasteiger partial charge on any atom is 0.252 e. The number of nitrogens with two attached hydrogens (primary N) is 1. The third-order valence-electron chi connectivity index (χ3n) is 4.65. The quantitative estimate of drug-likeness (QED) is 0.803. The molecular formula is C15H22N4O3. The van der Waals surface area contributed by atoms with Crippen LogP contribution in [0.25, 0.3) is 0 Å². The number of ether oxygens (including phenoxy) is 1. The lowest BCUT2D eigenvalue weighted by atomic mass is 9.94. The first-order chi connectivity index (χ1) is 10.6. The van der Waals surface area contributed by atoms with Crippen molar-refractivity contribution in [2.45, 2.75) is 37.8 Å². The average Bonchev–Trinajstić information content (AvgIpc) is 2.93. The van der Waals surface area contributed by atoms with Crippen LogP contribution in [-0.4, -0.2) is 64.3 Å². The summed E-state index contributed by atoms with van der Waals surface area (Å²) in [4.78, 5) is 22.3. The van der Waals surface area contributed by atoms with Gasteiger partial charge in [0.15, 0.2) is 0 Å². The molecule has 0 bridgehead atoms. The predicted molar refractivity (Wildman–Crippen MR) is 79.4 cm³/mol. The molecule has 2 aliphatic rings. The van der Waals surface area contributed by atoms with Crippen molar-refractivity contribution in [3.63, 3.8) is 0 Å². The zero-order valence-electron chi connectivity index (χ0n) is 12.7. The number of amides is 1. The number of hydrogen-bond acceptors (Lipinski definition) is 6. The van der Waals surface area contributed by atoms with E-state index in [1.54, 1.807) is 6.92 Å². The van der Waals surface area contributed by atoms with Crippen LogP contribution < -0.4 is 5.73 Å². The van der Waals surface area contributed by atoms with Crippen LogP contribution in [0, 0.1) is 6.92 Å². The molecule has 1 amide bonds. The van der Waals surface area contributed by atoms with Crippen LogP contribution in [-0.2, 0) is 4.74 Å². The second-order valence-corrected chi connectivity index (χ2v) is 6.07. The molecular weight excluding hydrogens is 284 g/mol. The van der Waals surface area contributed by atoms with E-state index >= 15 is 0 Å². The van der Waals surface area contributed by atoms with Crippen LogP contribution in [0.5, 0.6) is 0 Å². The molecule has 3 heterocycles. The Morgan fingerprint density at radius 1 is 1.41 bits per heavy atom. The normalized spacial score (nSPS) is 27.2. The zero-order valence-corrected chi connectivity index (χ0v) is 12.7. The minimum absolute atomic E-state index is 0.112. The highest BCUT2D eigenvalue weighted by atomic mass is 16.5. The van der Waals surface area contributed by atoms with E-state index in [0.717, 1.165) is 31.8 Å². The molecule has 22 heavy (non-hydrogen) atoms. The maximum absolute atomic E-state index is 11.2. The number of rotatable bonds is 3. The maximum atomic E-state index is 11.2. The van der Waals surface area contributed by atoms with E-state index in [-0.39, 0.29) is 18.1 Å². The molecule has 7 nitrogen and oxygen atoms in total. The second kappa shape index (κ2) is 6.28. The summed E-state index contributed by atoms with van der Waals surface area (Å²) < 4.78 is 5.33. The fourth-order valence-electron chi connectivity index (χ4n) is 3.29. The Morgan fingerprint density at radius 2 is 2.14 bits per heavy atom. The minimum atomic E-state index is -0.492. The van der Waals surface area contributed by atoms with Gasteiger partial charge in [-0.3, -0.25) is 9.69 Å². The highest BCUT2D eigenvalue weighted by molar-refractivity contribution is 5.93. The van der Waals surface area contributed by atoms with Gasteiger partial charge < -0.3 is 15.6 Å². The van der Waals surface area contributed by atoms with Crippen LogP contribution in [0.4, 0.5) is 0 Å². The molecule has 0 aliphatic carbocycles. The van der Waals surface area contributed by atoms with E-state index in [1.807, 2.05) is 0 Å². The molecule has 7 heteroatoms. The van der Waals surface area contributed by atoms with Gasteiger partial charge in [-0.15, -0.1) is 0 Å². The topological polar surface area (TPSA) is 102 Å². The van der Waals surface area contributed by atoms with Gasteiger partial charge in [-0.2, -0.15) is 0 Å². The third kappa shape index (κ3) is 2.97. The van der Waals surface area contributed by atoms with Crippen molar-refractivity contribution in [3.05, 3.63) is 23.3 Å². The van der Waals surface area contributed by atoms with Crippen molar-refractivity contribution in [2.75, 3.05) is 26.3 Å². The fraction of sp³-hybridized carbons (Fsp3) is 0.667. The summed E-state index contributed by atoms with van der Waals surface area (Å²) in [6.45, 7) is 4.62. The van der Waals surface area contributed by atoms with Crippen molar-refractivity contribution in [3.8, 4) is 0 Å². The molecule has 0 unspecified atom stereocenters. The Balaban J connectivity index is 1.64. The molecule has 0 radical (unpaired) electrons. The van der Waals surface area contributed by atoms with Gasteiger partial charge in [-0.05, 0) is 32.9 Å². The molecule has 3 N–H and O–H groups in total. The Labute approximate surface area is 129 Å². The SMILES string of the molecule is Cc1nc(C2CCN([C@H]3COC[C@H]3O)CC2)ncc1C(N)=O. The average molecular weight is 306 g/mol. The summed E-state index contributed by atoms with van der Waals surface area (Å²) in [5.74, 6) is 0.579. The molecule has 0 aromatic carbocycles. The lowest BCUT2D eigenvalue weighted by Crippen LogP contribution is -2.46. The monoisotopic (exact) mass is 306 g/mol.